The SMILES string of the molecule is CCC(O)c1cccc(S(=O)(=O)N2CCC(COC)C2)c1. The van der Waals surface area contributed by atoms with Crippen molar-refractivity contribution < 1.29 is 18.3 Å². The summed E-state index contributed by atoms with van der Waals surface area (Å²) < 4.78 is 31.9. The van der Waals surface area contributed by atoms with E-state index in [-0.39, 0.29) is 10.8 Å². The van der Waals surface area contributed by atoms with E-state index in [9.17, 15) is 13.5 Å². The highest BCUT2D eigenvalue weighted by Gasteiger charge is 2.32. The first-order valence-electron chi connectivity index (χ1n) is 7.26. The van der Waals surface area contributed by atoms with Crippen LogP contribution in [0.1, 0.15) is 31.4 Å². The van der Waals surface area contributed by atoms with E-state index in [1.54, 1.807) is 31.4 Å². The van der Waals surface area contributed by atoms with Crippen LogP contribution in [-0.4, -0.2) is 44.6 Å². The molecule has 1 aromatic rings. The average molecular weight is 313 g/mol. The van der Waals surface area contributed by atoms with Gasteiger partial charge in [-0.25, -0.2) is 8.42 Å². The Labute approximate surface area is 126 Å². The first kappa shape index (κ1) is 16.4. The number of hydrogen-bond acceptors (Lipinski definition) is 4. The Balaban J connectivity index is 2.20. The van der Waals surface area contributed by atoms with E-state index in [0.717, 1.165) is 6.42 Å². The van der Waals surface area contributed by atoms with E-state index in [1.165, 1.54) is 4.31 Å². The predicted molar refractivity (Wildman–Crippen MR) is 80.4 cm³/mol. The van der Waals surface area contributed by atoms with Gasteiger partial charge in [0.1, 0.15) is 0 Å². The molecule has 2 unspecified atom stereocenters. The Morgan fingerprint density at radius 3 is 2.90 bits per heavy atom. The van der Waals surface area contributed by atoms with Crippen LogP contribution in [-0.2, 0) is 14.8 Å². The molecule has 0 aliphatic carbocycles. The fourth-order valence-electron chi connectivity index (χ4n) is 2.65. The van der Waals surface area contributed by atoms with Crippen LogP contribution in [0.25, 0.3) is 0 Å². The zero-order chi connectivity index (χ0) is 15.5. The molecule has 118 valence electrons. The molecule has 0 spiro atoms. The molecule has 5 nitrogen and oxygen atoms in total. The molecule has 1 aliphatic heterocycles. The summed E-state index contributed by atoms with van der Waals surface area (Å²) in [5.41, 5.74) is 0.645. The molecule has 0 aromatic heterocycles. The summed E-state index contributed by atoms with van der Waals surface area (Å²) in [6, 6.07) is 6.60. The molecular weight excluding hydrogens is 290 g/mol. The van der Waals surface area contributed by atoms with Gasteiger partial charge in [0.25, 0.3) is 0 Å². The van der Waals surface area contributed by atoms with Gasteiger partial charge in [-0.1, -0.05) is 19.1 Å². The summed E-state index contributed by atoms with van der Waals surface area (Å²) >= 11 is 0. The molecule has 1 fully saturated rings. The normalized spacial score (nSPS) is 21.6. The smallest absolute Gasteiger partial charge is 0.243 e. The Morgan fingerprint density at radius 1 is 1.48 bits per heavy atom. The standard InChI is InChI=1S/C15H23NO4S/c1-3-15(17)13-5-4-6-14(9-13)21(18,19)16-8-7-12(10-16)11-20-2/h4-6,9,12,15,17H,3,7-8,10-11H2,1-2H3. The Hall–Kier alpha value is -0.950. The number of hydrogen-bond donors (Lipinski definition) is 1. The highest BCUT2D eigenvalue weighted by atomic mass is 32.2. The third-order valence-electron chi connectivity index (χ3n) is 3.92. The monoisotopic (exact) mass is 313 g/mol. The minimum absolute atomic E-state index is 0.255. The number of rotatable bonds is 6. The maximum Gasteiger partial charge on any atom is 0.243 e. The summed E-state index contributed by atoms with van der Waals surface area (Å²) in [6.45, 7) is 3.47. The van der Waals surface area contributed by atoms with Crippen molar-refractivity contribution in [1.82, 2.24) is 4.31 Å². The second kappa shape index (κ2) is 6.87. The van der Waals surface area contributed by atoms with Gasteiger partial charge in [-0.05, 0) is 36.5 Å². The van der Waals surface area contributed by atoms with E-state index in [0.29, 0.717) is 31.7 Å². The maximum atomic E-state index is 12.7. The van der Waals surface area contributed by atoms with Gasteiger partial charge in [-0.3, -0.25) is 0 Å². The van der Waals surface area contributed by atoms with Gasteiger partial charge in [0.05, 0.1) is 17.6 Å². The number of nitrogens with zero attached hydrogens (tertiary/aromatic N) is 1. The third-order valence-corrected chi connectivity index (χ3v) is 5.78. The van der Waals surface area contributed by atoms with Gasteiger partial charge in [-0.15, -0.1) is 0 Å². The first-order valence-corrected chi connectivity index (χ1v) is 8.70. The number of sulfonamides is 1. The molecule has 1 saturated heterocycles. The quantitative estimate of drug-likeness (QED) is 0.869. The largest absolute Gasteiger partial charge is 0.388 e. The van der Waals surface area contributed by atoms with Crippen molar-refractivity contribution in [3.8, 4) is 0 Å². The summed E-state index contributed by atoms with van der Waals surface area (Å²) in [6.07, 6.45) is 0.757. The molecule has 21 heavy (non-hydrogen) atoms. The molecule has 6 heteroatoms. The molecule has 2 atom stereocenters. The summed E-state index contributed by atoms with van der Waals surface area (Å²) in [7, 11) is -1.86. The third kappa shape index (κ3) is 3.63. The molecule has 1 aliphatic rings. The van der Waals surface area contributed by atoms with Crippen LogP contribution in [0.5, 0.6) is 0 Å². The predicted octanol–water partition coefficient (Wildman–Crippen LogP) is 1.79. The average Bonchev–Trinajstić information content (AvgIpc) is 2.96. The minimum atomic E-state index is -3.49. The summed E-state index contributed by atoms with van der Waals surface area (Å²) in [4.78, 5) is 0.255. The lowest BCUT2D eigenvalue weighted by Gasteiger charge is -2.18. The Morgan fingerprint density at radius 2 is 2.24 bits per heavy atom. The van der Waals surface area contributed by atoms with Gasteiger partial charge >= 0.3 is 0 Å². The van der Waals surface area contributed by atoms with Crippen molar-refractivity contribution in [2.75, 3.05) is 26.8 Å². The molecule has 2 rings (SSSR count). The van der Waals surface area contributed by atoms with Crippen LogP contribution in [0, 0.1) is 5.92 Å². The molecule has 0 bridgehead atoms. The van der Waals surface area contributed by atoms with Gasteiger partial charge in [0.15, 0.2) is 0 Å². The number of methoxy groups -OCH3 is 1. The second-order valence-corrected chi connectivity index (χ2v) is 7.41. The van der Waals surface area contributed by atoms with Crippen molar-refractivity contribution in [2.24, 2.45) is 5.92 Å². The van der Waals surface area contributed by atoms with Crippen LogP contribution in [0.3, 0.4) is 0 Å². The molecule has 0 radical (unpaired) electrons. The molecule has 1 N–H and O–H groups in total. The lowest BCUT2D eigenvalue weighted by Crippen LogP contribution is -2.29. The van der Waals surface area contributed by atoms with E-state index in [2.05, 4.69) is 0 Å². The van der Waals surface area contributed by atoms with E-state index in [1.807, 2.05) is 6.92 Å². The number of ether oxygens (including phenoxy) is 1. The zero-order valence-corrected chi connectivity index (χ0v) is 13.3. The van der Waals surface area contributed by atoms with E-state index in [4.69, 9.17) is 4.74 Å². The van der Waals surface area contributed by atoms with Gasteiger partial charge in [0.2, 0.25) is 10.0 Å². The minimum Gasteiger partial charge on any atom is -0.388 e. The fraction of sp³-hybridized carbons (Fsp3) is 0.600. The van der Waals surface area contributed by atoms with Crippen LogP contribution in [0.15, 0.2) is 29.2 Å². The van der Waals surface area contributed by atoms with E-state index >= 15 is 0 Å². The Bertz CT molecular complexity index is 573. The van der Waals surface area contributed by atoms with Crippen molar-refractivity contribution in [1.29, 1.82) is 0 Å². The molecular formula is C15H23NO4S. The maximum absolute atomic E-state index is 12.7. The van der Waals surface area contributed by atoms with Crippen LogP contribution >= 0.6 is 0 Å². The zero-order valence-electron chi connectivity index (χ0n) is 12.5. The van der Waals surface area contributed by atoms with Crippen LogP contribution < -0.4 is 0 Å². The van der Waals surface area contributed by atoms with Crippen molar-refractivity contribution >= 4 is 10.0 Å². The van der Waals surface area contributed by atoms with Gasteiger partial charge in [0, 0.05) is 20.2 Å². The van der Waals surface area contributed by atoms with Gasteiger partial charge in [-0.2, -0.15) is 4.31 Å². The highest BCUT2D eigenvalue weighted by Crippen LogP contribution is 2.26. The number of benzene rings is 1. The topological polar surface area (TPSA) is 66.8 Å². The van der Waals surface area contributed by atoms with Crippen LogP contribution in [0.4, 0.5) is 0 Å². The second-order valence-electron chi connectivity index (χ2n) is 5.47. The molecule has 0 amide bonds. The van der Waals surface area contributed by atoms with Crippen molar-refractivity contribution in [3.63, 3.8) is 0 Å². The lowest BCUT2D eigenvalue weighted by atomic mass is 10.1. The first-order chi connectivity index (χ1) is 9.98. The highest BCUT2D eigenvalue weighted by molar-refractivity contribution is 7.89. The summed E-state index contributed by atoms with van der Waals surface area (Å²) in [5.74, 6) is 0.259. The number of aliphatic hydroxyl groups excluding tert-OH is 1. The van der Waals surface area contributed by atoms with Crippen molar-refractivity contribution in [3.05, 3.63) is 29.8 Å². The number of aliphatic hydroxyl groups is 1. The summed E-state index contributed by atoms with van der Waals surface area (Å²) in [5, 5.41) is 9.87. The molecule has 0 saturated carbocycles. The Kier molecular flexibility index (Phi) is 5.37. The van der Waals surface area contributed by atoms with Crippen LogP contribution in [0.2, 0.25) is 0 Å². The molecule has 1 aromatic carbocycles. The fourth-order valence-corrected chi connectivity index (χ4v) is 4.24. The van der Waals surface area contributed by atoms with Crippen molar-refractivity contribution in [2.45, 2.75) is 30.8 Å². The lowest BCUT2D eigenvalue weighted by molar-refractivity contribution is 0.157. The van der Waals surface area contributed by atoms with E-state index < -0.39 is 16.1 Å². The molecule has 1 heterocycles. The van der Waals surface area contributed by atoms with Gasteiger partial charge < -0.3 is 9.84 Å².